The molecule has 1 saturated carbocycles. The molecule has 2 aliphatic rings. The fourth-order valence-electron chi connectivity index (χ4n) is 3.58. The molecular weight excluding hydrogens is 290 g/mol. The first-order valence-electron chi connectivity index (χ1n) is 8.52. The van der Waals surface area contributed by atoms with Gasteiger partial charge in [0.15, 0.2) is 5.82 Å². The van der Waals surface area contributed by atoms with Gasteiger partial charge in [0.2, 0.25) is 0 Å². The van der Waals surface area contributed by atoms with E-state index in [0.29, 0.717) is 18.0 Å². The van der Waals surface area contributed by atoms with Crippen LogP contribution in [0.15, 0.2) is 24.4 Å². The summed E-state index contributed by atoms with van der Waals surface area (Å²) >= 11 is 0. The zero-order chi connectivity index (χ0) is 15.6. The molecule has 2 aromatic rings. The quantitative estimate of drug-likeness (QED) is 0.940. The molecule has 4 rings (SSSR count). The summed E-state index contributed by atoms with van der Waals surface area (Å²) in [7, 11) is 0. The standard InChI is InChI=1S/C17H23N5O/c18-13-6-4-12(5-7-13)17-20-16(15-3-1-2-9-19-15)21-22(17)14-8-10-23-11-14/h1-3,9,12-14H,4-8,10-11,18H2. The Labute approximate surface area is 136 Å². The van der Waals surface area contributed by atoms with Crippen LogP contribution in [0.5, 0.6) is 0 Å². The van der Waals surface area contributed by atoms with Crippen molar-refractivity contribution >= 4 is 0 Å². The van der Waals surface area contributed by atoms with Gasteiger partial charge in [-0.25, -0.2) is 9.67 Å². The molecule has 1 unspecified atom stereocenters. The molecule has 6 nitrogen and oxygen atoms in total. The number of hydrogen-bond acceptors (Lipinski definition) is 5. The second-order valence-electron chi connectivity index (χ2n) is 6.58. The summed E-state index contributed by atoms with van der Waals surface area (Å²) in [6.45, 7) is 1.53. The van der Waals surface area contributed by atoms with Crippen molar-refractivity contribution in [3.05, 3.63) is 30.2 Å². The topological polar surface area (TPSA) is 78.9 Å². The monoisotopic (exact) mass is 313 g/mol. The molecular formula is C17H23N5O. The summed E-state index contributed by atoms with van der Waals surface area (Å²) in [5, 5.41) is 4.79. The van der Waals surface area contributed by atoms with Gasteiger partial charge in [-0.3, -0.25) is 4.98 Å². The van der Waals surface area contributed by atoms with Gasteiger partial charge in [-0.15, -0.1) is 5.10 Å². The van der Waals surface area contributed by atoms with E-state index in [1.165, 1.54) is 0 Å². The lowest BCUT2D eigenvalue weighted by Gasteiger charge is -2.26. The second-order valence-corrected chi connectivity index (χ2v) is 6.58. The van der Waals surface area contributed by atoms with Crippen LogP contribution < -0.4 is 5.73 Å². The van der Waals surface area contributed by atoms with E-state index in [0.717, 1.165) is 62.7 Å². The van der Waals surface area contributed by atoms with Crippen molar-refractivity contribution in [1.82, 2.24) is 19.7 Å². The number of hydrogen-bond donors (Lipinski definition) is 1. The first kappa shape index (κ1) is 14.8. The largest absolute Gasteiger partial charge is 0.379 e. The summed E-state index contributed by atoms with van der Waals surface area (Å²) in [6.07, 6.45) is 7.11. The van der Waals surface area contributed by atoms with Crippen LogP contribution in [0, 0.1) is 0 Å². The Balaban J connectivity index is 1.69. The Morgan fingerprint density at radius 2 is 2.00 bits per heavy atom. The molecule has 122 valence electrons. The molecule has 3 heterocycles. The van der Waals surface area contributed by atoms with E-state index in [1.54, 1.807) is 6.20 Å². The van der Waals surface area contributed by atoms with Gasteiger partial charge in [-0.1, -0.05) is 6.07 Å². The highest BCUT2D eigenvalue weighted by Gasteiger charge is 2.30. The molecule has 0 spiro atoms. The van der Waals surface area contributed by atoms with Crippen LogP contribution in [0.3, 0.4) is 0 Å². The van der Waals surface area contributed by atoms with E-state index in [-0.39, 0.29) is 0 Å². The van der Waals surface area contributed by atoms with Crippen molar-refractivity contribution < 1.29 is 4.74 Å². The highest BCUT2D eigenvalue weighted by atomic mass is 16.5. The molecule has 0 radical (unpaired) electrons. The third-order valence-electron chi connectivity index (χ3n) is 4.94. The Bertz CT molecular complexity index is 642. The van der Waals surface area contributed by atoms with E-state index >= 15 is 0 Å². The predicted octanol–water partition coefficient (Wildman–Crippen LogP) is 2.29. The van der Waals surface area contributed by atoms with Gasteiger partial charge in [0.25, 0.3) is 0 Å². The molecule has 6 heteroatoms. The Morgan fingerprint density at radius 1 is 1.13 bits per heavy atom. The zero-order valence-corrected chi connectivity index (χ0v) is 13.3. The average Bonchev–Trinajstić information content (AvgIpc) is 3.26. The fourth-order valence-corrected chi connectivity index (χ4v) is 3.58. The fraction of sp³-hybridized carbons (Fsp3) is 0.588. The maximum atomic E-state index is 6.06. The van der Waals surface area contributed by atoms with Crippen LogP contribution >= 0.6 is 0 Å². The third-order valence-corrected chi connectivity index (χ3v) is 4.94. The molecule has 1 aliphatic carbocycles. The first-order chi connectivity index (χ1) is 11.3. The minimum Gasteiger partial charge on any atom is -0.379 e. The summed E-state index contributed by atoms with van der Waals surface area (Å²) in [5.41, 5.74) is 6.89. The van der Waals surface area contributed by atoms with Crippen molar-refractivity contribution in [3.63, 3.8) is 0 Å². The van der Waals surface area contributed by atoms with Crippen LogP contribution in [0.2, 0.25) is 0 Å². The van der Waals surface area contributed by atoms with Crippen LogP contribution in [0.4, 0.5) is 0 Å². The SMILES string of the molecule is NC1CCC(c2nc(-c3ccccn3)nn2C2CCOC2)CC1. The molecule has 2 fully saturated rings. The van der Waals surface area contributed by atoms with E-state index in [2.05, 4.69) is 9.67 Å². The van der Waals surface area contributed by atoms with Crippen LogP contribution in [0.1, 0.15) is 49.9 Å². The van der Waals surface area contributed by atoms with Gasteiger partial charge in [0.05, 0.1) is 12.6 Å². The van der Waals surface area contributed by atoms with Gasteiger partial charge >= 0.3 is 0 Å². The van der Waals surface area contributed by atoms with Crippen LogP contribution in [0.25, 0.3) is 11.5 Å². The molecule has 23 heavy (non-hydrogen) atoms. The summed E-state index contributed by atoms with van der Waals surface area (Å²) in [4.78, 5) is 9.26. The van der Waals surface area contributed by atoms with Crippen molar-refractivity contribution in [3.8, 4) is 11.5 Å². The van der Waals surface area contributed by atoms with E-state index in [4.69, 9.17) is 20.6 Å². The Hall–Kier alpha value is -1.79. The molecule has 0 amide bonds. The maximum Gasteiger partial charge on any atom is 0.200 e. The number of pyridine rings is 1. The number of rotatable bonds is 3. The van der Waals surface area contributed by atoms with Crippen molar-refractivity contribution in [2.24, 2.45) is 5.73 Å². The van der Waals surface area contributed by atoms with Gasteiger partial charge in [-0.2, -0.15) is 0 Å². The molecule has 2 N–H and O–H groups in total. The predicted molar refractivity (Wildman–Crippen MR) is 86.9 cm³/mol. The number of nitrogens with zero attached hydrogens (tertiary/aromatic N) is 4. The Morgan fingerprint density at radius 3 is 2.70 bits per heavy atom. The zero-order valence-electron chi connectivity index (χ0n) is 13.3. The first-order valence-corrected chi connectivity index (χ1v) is 8.52. The van der Waals surface area contributed by atoms with Gasteiger partial charge in [0.1, 0.15) is 11.5 Å². The van der Waals surface area contributed by atoms with Gasteiger partial charge < -0.3 is 10.5 Å². The van der Waals surface area contributed by atoms with E-state index < -0.39 is 0 Å². The van der Waals surface area contributed by atoms with Crippen molar-refractivity contribution in [1.29, 1.82) is 0 Å². The smallest absolute Gasteiger partial charge is 0.200 e. The molecule has 1 atom stereocenters. The van der Waals surface area contributed by atoms with Crippen molar-refractivity contribution in [2.45, 2.75) is 50.1 Å². The number of aromatic nitrogens is 4. The number of ether oxygens (including phenoxy) is 1. The summed E-state index contributed by atoms with van der Waals surface area (Å²) < 4.78 is 7.67. The highest BCUT2D eigenvalue weighted by molar-refractivity contribution is 5.48. The molecule has 1 saturated heterocycles. The molecule has 0 aromatic carbocycles. The lowest BCUT2D eigenvalue weighted by Crippen LogP contribution is -2.27. The third kappa shape index (κ3) is 3.01. The van der Waals surface area contributed by atoms with Gasteiger partial charge in [0, 0.05) is 24.8 Å². The van der Waals surface area contributed by atoms with Crippen LogP contribution in [-0.4, -0.2) is 39.0 Å². The Kier molecular flexibility index (Phi) is 4.10. The van der Waals surface area contributed by atoms with E-state index in [9.17, 15) is 0 Å². The second kappa shape index (κ2) is 6.37. The molecule has 2 aromatic heterocycles. The lowest BCUT2D eigenvalue weighted by molar-refractivity contribution is 0.183. The highest BCUT2D eigenvalue weighted by Crippen LogP contribution is 2.34. The number of nitrogens with two attached hydrogens (primary N) is 1. The normalized spacial score (nSPS) is 28.1. The van der Waals surface area contributed by atoms with Crippen molar-refractivity contribution in [2.75, 3.05) is 13.2 Å². The summed E-state index contributed by atoms with van der Waals surface area (Å²) in [5.74, 6) is 2.26. The summed E-state index contributed by atoms with van der Waals surface area (Å²) in [6, 6.07) is 6.49. The lowest BCUT2D eigenvalue weighted by atomic mass is 9.86. The van der Waals surface area contributed by atoms with Crippen LogP contribution in [-0.2, 0) is 4.74 Å². The molecule has 1 aliphatic heterocycles. The van der Waals surface area contributed by atoms with E-state index in [1.807, 2.05) is 18.2 Å². The average molecular weight is 313 g/mol. The minimum absolute atomic E-state index is 0.297. The minimum atomic E-state index is 0.297. The van der Waals surface area contributed by atoms with Gasteiger partial charge in [-0.05, 0) is 44.2 Å². The molecule has 0 bridgehead atoms. The maximum absolute atomic E-state index is 6.06.